The molecule has 0 saturated heterocycles. The maximum Gasteiger partial charge on any atom is 0.119 e. The van der Waals surface area contributed by atoms with Gasteiger partial charge < -0.3 is 16.2 Å². The van der Waals surface area contributed by atoms with Gasteiger partial charge in [0.15, 0.2) is 0 Å². The largest absolute Gasteiger partial charge is 0.494 e. The minimum atomic E-state index is 0.698. The monoisotopic (exact) mass is 258 g/mol. The minimum Gasteiger partial charge on any atom is -0.494 e. The molecule has 0 saturated carbocycles. The smallest absolute Gasteiger partial charge is 0.119 e. The molecule has 0 unspecified atom stereocenters. The van der Waals surface area contributed by atoms with Crippen LogP contribution in [-0.4, -0.2) is 13.2 Å². The van der Waals surface area contributed by atoms with Gasteiger partial charge in [0.1, 0.15) is 5.75 Å². The highest BCUT2D eigenvalue weighted by molar-refractivity contribution is 5.41. The van der Waals surface area contributed by atoms with Gasteiger partial charge in [-0.2, -0.15) is 0 Å². The molecule has 4 N–H and O–H groups in total. The topological polar surface area (TPSA) is 61.3 Å². The molecule has 0 bridgehead atoms. The lowest BCUT2D eigenvalue weighted by atomic mass is 10.2. The second-order valence-corrected chi connectivity index (χ2v) is 4.03. The second kappa shape index (κ2) is 9.00. The molecular weight excluding hydrogens is 236 g/mol. The van der Waals surface area contributed by atoms with Gasteiger partial charge in [-0.1, -0.05) is 30.3 Å². The van der Waals surface area contributed by atoms with E-state index in [-0.39, 0.29) is 0 Å². The third-order valence-electron chi connectivity index (χ3n) is 2.47. The Labute approximate surface area is 115 Å². The highest BCUT2D eigenvalue weighted by Gasteiger charge is 1.88. The Kier molecular flexibility index (Phi) is 7.13. The molecule has 0 fully saturated rings. The quantitative estimate of drug-likeness (QED) is 0.829. The van der Waals surface area contributed by atoms with Crippen molar-refractivity contribution in [2.75, 3.05) is 18.9 Å². The summed E-state index contributed by atoms with van der Waals surface area (Å²) < 4.78 is 5.21. The van der Waals surface area contributed by atoms with Crippen LogP contribution in [0.25, 0.3) is 0 Å². The minimum absolute atomic E-state index is 0.698. The van der Waals surface area contributed by atoms with Gasteiger partial charge in [-0.05, 0) is 49.7 Å². The molecule has 0 aromatic heterocycles. The van der Waals surface area contributed by atoms with Crippen molar-refractivity contribution < 1.29 is 4.74 Å². The number of hydrogen-bond acceptors (Lipinski definition) is 3. The lowest BCUT2D eigenvalue weighted by Gasteiger charge is -2.01. The van der Waals surface area contributed by atoms with Gasteiger partial charge >= 0.3 is 0 Å². The number of benzene rings is 2. The maximum absolute atomic E-state index is 5.47. The van der Waals surface area contributed by atoms with Crippen LogP contribution in [0.2, 0.25) is 0 Å². The molecule has 3 nitrogen and oxygen atoms in total. The Bertz CT molecular complexity index is 440. The number of nitrogen functional groups attached to an aromatic ring is 1. The molecule has 2 aromatic carbocycles. The fourth-order valence-electron chi connectivity index (χ4n) is 1.54. The maximum atomic E-state index is 5.47. The number of hydrogen-bond donors (Lipinski definition) is 2. The highest BCUT2D eigenvalue weighted by Crippen LogP contribution is 2.12. The fraction of sp³-hybridized carbons (Fsp3) is 0.250. The van der Waals surface area contributed by atoms with Crippen molar-refractivity contribution in [3.8, 4) is 5.75 Å². The number of rotatable bonds is 4. The van der Waals surface area contributed by atoms with Crippen LogP contribution < -0.4 is 16.2 Å². The summed E-state index contributed by atoms with van der Waals surface area (Å²) in [6, 6.07) is 17.6. The van der Waals surface area contributed by atoms with Crippen LogP contribution in [-0.2, 0) is 6.42 Å². The van der Waals surface area contributed by atoms with E-state index in [4.69, 9.17) is 16.2 Å². The van der Waals surface area contributed by atoms with Crippen LogP contribution in [0.5, 0.6) is 5.75 Å². The first-order valence-electron chi connectivity index (χ1n) is 6.48. The molecule has 2 rings (SSSR count). The summed E-state index contributed by atoms with van der Waals surface area (Å²) >= 11 is 0. The summed E-state index contributed by atoms with van der Waals surface area (Å²) in [5.41, 5.74) is 12.9. The molecular formula is C16H22N2O. The van der Waals surface area contributed by atoms with Crippen LogP contribution in [0.3, 0.4) is 0 Å². The average molecular weight is 258 g/mol. The van der Waals surface area contributed by atoms with E-state index >= 15 is 0 Å². The van der Waals surface area contributed by atoms with Gasteiger partial charge in [-0.25, -0.2) is 0 Å². The fourth-order valence-corrected chi connectivity index (χ4v) is 1.54. The third-order valence-corrected chi connectivity index (χ3v) is 2.47. The van der Waals surface area contributed by atoms with Crippen molar-refractivity contribution in [1.82, 2.24) is 0 Å². The van der Waals surface area contributed by atoms with Crippen molar-refractivity contribution >= 4 is 5.69 Å². The molecule has 0 amide bonds. The molecule has 0 aliphatic rings. The Balaban J connectivity index is 0.000000191. The number of nitrogens with two attached hydrogens (primary N) is 2. The van der Waals surface area contributed by atoms with Gasteiger partial charge in [-0.3, -0.25) is 0 Å². The molecule has 19 heavy (non-hydrogen) atoms. The van der Waals surface area contributed by atoms with Crippen LogP contribution in [0, 0.1) is 0 Å². The van der Waals surface area contributed by atoms with E-state index in [2.05, 4.69) is 12.1 Å². The first-order valence-corrected chi connectivity index (χ1v) is 6.48. The molecule has 2 aromatic rings. The normalized spacial score (nSPS) is 9.37. The first kappa shape index (κ1) is 15.1. The summed E-state index contributed by atoms with van der Waals surface area (Å²) in [7, 11) is 0. The van der Waals surface area contributed by atoms with Crippen molar-refractivity contribution in [3.63, 3.8) is 0 Å². The van der Waals surface area contributed by atoms with E-state index < -0.39 is 0 Å². The summed E-state index contributed by atoms with van der Waals surface area (Å²) in [5.74, 6) is 0.872. The lowest BCUT2D eigenvalue weighted by Crippen LogP contribution is -2.01. The molecule has 0 atom stereocenters. The van der Waals surface area contributed by atoms with E-state index in [9.17, 15) is 0 Å². The second-order valence-electron chi connectivity index (χ2n) is 4.03. The van der Waals surface area contributed by atoms with Crippen molar-refractivity contribution in [2.24, 2.45) is 5.73 Å². The van der Waals surface area contributed by atoms with Crippen LogP contribution >= 0.6 is 0 Å². The van der Waals surface area contributed by atoms with Gasteiger partial charge in [0.2, 0.25) is 0 Å². The molecule has 0 heterocycles. The van der Waals surface area contributed by atoms with E-state index in [1.807, 2.05) is 49.4 Å². The highest BCUT2D eigenvalue weighted by atomic mass is 16.5. The van der Waals surface area contributed by atoms with E-state index in [1.165, 1.54) is 5.56 Å². The van der Waals surface area contributed by atoms with Gasteiger partial charge in [0.05, 0.1) is 6.61 Å². The summed E-state index contributed by atoms with van der Waals surface area (Å²) in [6.07, 6.45) is 0.987. The van der Waals surface area contributed by atoms with Crippen LogP contribution in [0.4, 0.5) is 5.69 Å². The summed E-state index contributed by atoms with van der Waals surface area (Å²) in [6.45, 7) is 3.39. The van der Waals surface area contributed by atoms with E-state index in [0.717, 1.165) is 24.4 Å². The number of anilines is 1. The Morgan fingerprint density at radius 3 is 2.11 bits per heavy atom. The van der Waals surface area contributed by atoms with Gasteiger partial charge in [0.25, 0.3) is 0 Å². The van der Waals surface area contributed by atoms with E-state index in [0.29, 0.717) is 6.61 Å². The Hall–Kier alpha value is -2.00. The first-order chi connectivity index (χ1) is 9.26. The molecule has 0 spiro atoms. The SMILES string of the molecule is CCOc1ccc(N)cc1.NCCc1ccccc1. The molecule has 0 aliphatic heterocycles. The summed E-state index contributed by atoms with van der Waals surface area (Å²) in [4.78, 5) is 0. The van der Waals surface area contributed by atoms with Gasteiger partial charge in [0, 0.05) is 5.69 Å². The number of ether oxygens (including phenoxy) is 1. The van der Waals surface area contributed by atoms with Crippen LogP contribution in [0.15, 0.2) is 54.6 Å². The average Bonchev–Trinajstić information content (AvgIpc) is 2.44. The molecule has 0 radical (unpaired) electrons. The molecule has 102 valence electrons. The van der Waals surface area contributed by atoms with Crippen molar-refractivity contribution in [3.05, 3.63) is 60.2 Å². The van der Waals surface area contributed by atoms with Crippen molar-refractivity contribution in [1.29, 1.82) is 0 Å². The predicted molar refractivity (Wildman–Crippen MR) is 81.2 cm³/mol. The third kappa shape index (κ3) is 6.48. The Morgan fingerprint density at radius 2 is 1.58 bits per heavy atom. The van der Waals surface area contributed by atoms with Crippen LogP contribution in [0.1, 0.15) is 12.5 Å². The zero-order valence-electron chi connectivity index (χ0n) is 11.4. The van der Waals surface area contributed by atoms with Gasteiger partial charge in [-0.15, -0.1) is 0 Å². The zero-order valence-corrected chi connectivity index (χ0v) is 11.4. The lowest BCUT2D eigenvalue weighted by molar-refractivity contribution is 0.340. The summed E-state index contributed by atoms with van der Waals surface area (Å²) in [5, 5.41) is 0. The molecule has 0 aliphatic carbocycles. The van der Waals surface area contributed by atoms with Crippen molar-refractivity contribution in [2.45, 2.75) is 13.3 Å². The predicted octanol–water partition coefficient (Wildman–Crippen LogP) is 2.86. The Morgan fingerprint density at radius 1 is 0.947 bits per heavy atom. The van der Waals surface area contributed by atoms with E-state index in [1.54, 1.807) is 0 Å². The zero-order chi connectivity index (χ0) is 13.9. The molecule has 3 heteroatoms. The standard InChI is InChI=1S/C8H11NO.C8H11N/c1-2-10-8-5-3-7(9)4-6-8;9-7-6-8-4-2-1-3-5-8/h3-6H,2,9H2,1H3;1-5H,6-7,9H2.